The topological polar surface area (TPSA) is 107 Å². The second kappa shape index (κ2) is 7.59. The minimum absolute atomic E-state index is 0.189. The van der Waals surface area contributed by atoms with Gasteiger partial charge in [-0.3, -0.25) is 9.59 Å². The van der Waals surface area contributed by atoms with Crippen molar-refractivity contribution in [2.75, 3.05) is 11.9 Å². The lowest BCUT2D eigenvalue weighted by molar-refractivity contribution is -0.137. The fraction of sp³-hybridized carbons (Fsp3) is 0.167. The number of amides is 2. The Morgan fingerprint density at radius 1 is 0.964 bits per heavy atom. The zero-order valence-corrected chi connectivity index (χ0v) is 14.3. The van der Waals surface area contributed by atoms with Gasteiger partial charge in [-0.1, -0.05) is 18.2 Å². The van der Waals surface area contributed by atoms with Gasteiger partial charge in [0.2, 0.25) is 11.8 Å². The molecule has 2 aromatic carbocycles. The Labute approximate surface area is 156 Å². The lowest BCUT2D eigenvalue weighted by atomic mass is 10.1. The molecule has 0 saturated carbocycles. The maximum absolute atomic E-state index is 12.7. The number of hydrogen-bond donors (Lipinski definition) is 4. The Balaban J connectivity index is 1.53. The van der Waals surface area contributed by atoms with Crippen LogP contribution in [0, 0.1) is 0 Å². The number of alkyl halides is 3. The van der Waals surface area contributed by atoms with Crippen LogP contribution in [0.25, 0.3) is 11.0 Å². The van der Waals surface area contributed by atoms with Crippen molar-refractivity contribution in [2.24, 2.45) is 0 Å². The lowest BCUT2D eigenvalue weighted by Gasteiger charge is -2.09. The Morgan fingerprint density at radius 3 is 2.46 bits per heavy atom. The summed E-state index contributed by atoms with van der Waals surface area (Å²) in [6, 6.07) is 9.18. The number of nitrogens with one attached hydrogen (secondary N) is 4. The second-order valence-corrected chi connectivity index (χ2v) is 6.04. The summed E-state index contributed by atoms with van der Waals surface area (Å²) in [6.07, 6.45) is -4.77. The molecule has 0 aliphatic heterocycles. The van der Waals surface area contributed by atoms with Crippen LogP contribution < -0.4 is 16.3 Å². The van der Waals surface area contributed by atoms with Gasteiger partial charge in [0.15, 0.2) is 0 Å². The Bertz CT molecular complexity index is 1090. The van der Waals surface area contributed by atoms with Gasteiger partial charge in [-0.2, -0.15) is 13.2 Å². The Morgan fingerprint density at radius 2 is 1.71 bits per heavy atom. The highest BCUT2D eigenvalue weighted by molar-refractivity contribution is 5.96. The van der Waals surface area contributed by atoms with Crippen molar-refractivity contribution in [3.63, 3.8) is 0 Å². The molecule has 0 spiro atoms. The summed E-state index contributed by atoms with van der Waals surface area (Å²) in [6.45, 7) is -0.348. The average Bonchev–Trinajstić information content (AvgIpc) is 2.99. The molecule has 1 aromatic heterocycles. The Hall–Kier alpha value is -3.56. The van der Waals surface area contributed by atoms with Crippen molar-refractivity contribution >= 4 is 28.5 Å². The van der Waals surface area contributed by atoms with Gasteiger partial charge in [-0.15, -0.1) is 0 Å². The van der Waals surface area contributed by atoms with Crippen molar-refractivity contribution in [2.45, 2.75) is 12.6 Å². The normalized spacial score (nSPS) is 11.4. The highest BCUT2D eigenvalue weighted by Crippen LogP contribution is 2.29. The van der Waals surface area contributed by atoms with E-state index in [9.17, 15) is 27.6 Å². The summed E-state index contributed by atoms with van der Waals surface area (Å²) in [5.74, 6) is -1.10. The van der Waals surface area contributed by atoms with Crippen LogP contribution in [0.2, 0.25) is 0 Å². The molecule has 0 fully saturated rings. The van der Waals surface area contributed by atoms with Crippen molar-refractivity contribution < 1.29 is 22.8 Å². The number of aromatic nitrogens is 2. The molecular formula is C18H15F3N4O3. The Kier molecular flexibility index (Phi) is 5.21. The third-order valence-corrected chi connectivity index (χ3v) is 3.86. The molecule has 1 heterocycles. The van der Waals surface area contributed by atoms with Gasteiger partial charge < -0.3 is 20.6 Å². The number of hydrogen-bond acceptors (Lipinski definition) is 3. The van der Waals surface area contributed by atoms with Crippen molar-refractivity contribution in [3.05, 3.63) is 64.1 Å². The SMILES string of the molecule is O=C(Cc1cccc(C(F)(F)F)c1)NCC(=O)Nc1ccc2[nH]c(=O)[nH]c2c1. The molecular weight excluding hydrogens is 377 g/mol. The van der Waals surface area contributed by atoms with E-state index in [1.807, 2.05) is 0 Å². The highest BCUT2D eigenvalue weighted by Gasteiger charge is 2.30. The zero-order valence-electron chi connectivity index (χ0n) is 14.3. The van der Waals surface area contributed by atoms with Gasteiger partial charge in [0.1, 0.15) is 0 Å². The van der Waals surface area contributed by atoms with E-state index in [0.717, 1.165) is 12.1 Å². The van der Waals surface area contributed by atoms with Crippen molar-refractivity contribution in [1.82, 2.24) is 15.3 Å². The van der Waals surface area contributed by atoms with E-state index in [1.165, 1.54) is 12.1 Å². The molecule has 0 unspecified atom stereocenters. The average molecular weight is 392 g/mol. The predicted octanol–water partition coefficient (Wildman–Crippen LogP) is 2.17. The summed E-state index contributed by atoms with van der Waals surface area (Å²) in [7, 11) is 0. The molecule has 0 atom stereocenters. The number of H-pyrrole nitrogens is 2. The maximum atomic E-state index is 12.7. The lowest BCUT2D eigenvalue weighted by Crippen LogP contribution is -2.33. The molecule has 3 aromatic rings. The molecule has 4 N–H and O–H groups in total. The molecule has 28 heavy (non-hydrogen) atoms. The van der Waals surface area contributed by atoms with Gasteiger partial charge in [-0.05, 0) is 29.8 Å². The van der Waals surface area contributed by atoms with Crippen LogP contribution in [0.15, 0.2) is 47.3 Å². The fourth-order valence-electron chi connectivity index (χ4n) is 2.60. The first-order chi connectivity index (χ1) is 13.2. The third-order valence-electron chi connectivity index (χ3n) is 3.86. The van der Waals surface area contributed by atoms with Gasteiger partial charge in [-0.25, -0.2) is 4.79 Å². The van der Waals surface area contributed by atoms with Gasteiger partial charge in [0.05, 0.1) is 29.6 Å². The maximum Gasteiger partial charge on any atom is 0.416 e. The minimum atomic E-state index is -4.49. The van der Waals surface area contributed by atoms with Crippen LogP contribution in [-0.2, 0) is 22.2 Å². The third kappa shape index (κ3) is 4.78. The minimum Gasteiger partial charge on any atom is -0.347 e. The monoisotopic (exact) mass is 392 g/mol. The molecule has 0 bridgehead atoms. The van der Waals surface area contributed by atoms with E-state index in [-0.39, 0.29) is 24.2 Å². The van der Waals surface area contributed by atoms with Crippen molar-refractivity contribution in [1.29, 1.82) is 0 Å². The number of fused-ring (bicyclic) bond motifs is 1. The molecule has 10 heteroatoms. The summed E-state index contributed by atoms with van der Waals surface area (Å²) < 4.78 is 38.1. The van der Waals surface area contributed by atoms with Crippen LogP contribution in [0.3, 0.4) is 0 Å². The molecule has 0 aliphatic carbocycles. The molecule has 2 amide bonds. The second-order valence-electron chi connectivity index (χ2n) is 6.04. The van der Waals surface area contributed by atoms with Gasteiger partial charge in [0.25, 0.3) is 0 Å². The van der Waals surface area contributed by atoms with Crippen LogP contribution in [0.1, 0.15) is 11.1 Å². The van der Waals surface area contributed by atoms with Crippen LogP contribution in [0.5, 0.6) is 0 Å². The van der Waals surface area contributed by atoms with E-state index in [0.29, 0.717) is 16.7 Å². The van der Waals surface area contributed by atoms with E-state index >= 15 is 0 Å². The highest BCUT2D eigenvalue weighted by atomic mass is 19.4. The molecule has 3 rings (SSSR count). The number of carbonyl (C=O) groups excluding carboxylic acids is 2. The number of rotatable bonds is 5. The number of halogens is 3. The number of benzene rings is 2. The summed E-state index contributed by atoms with van der Waals surface area (Å²) in [5.41, 5.74) is 0.484. The van der Waals surface area contributed by atoms with Gasteiger partial charge >= 0.3 is 11.9 Å². The first kappa shape index (κ1) is 19.2. The van der Waals surface area contributed by atoms with E-state index in [2.05, 4.69) is 20.6 Å². The smallest absolute Gasteiger partial charge is 0.347 e. The number of carbonyl (C=O) groups is 2. The summed E-state index contributed by atoms with van der Waals surface area (Å²) >= 11 is 0. The van der Waals surface area contributed by atoms with Crippen LogP contribution in [-0.4, -0.2) is 28.3 Å². The number of anilines is 1. The van der Waals surface area contributed by atoms with Crippen molar-refractivity contribution in [3.8, 4) is 0 Å². The number of aromatic amines is 2. The molecule has 0 saturated heterocycles. The predicted molar refractivity (Wildman–Crippen MR) is 95.7 cm³/mol. The first-order valence-electron chi connectivity index (χ1n) is 8.15. The fourth-order valence-corrected chi connectivity index (χ4v) is 2.60. The van der Waals surface area contributed by atoms with E-state index in [4.69, 9.17) is 0 Å². The summed E-state index contributed by atoms with van der Waals surface area (Å²) in [4.78, 5) is 40.2. The number of imidazole rings is 1. The molecule has 0 radical (unpaired) electrons. The quantitative estimate of drug-likeness (QED) is 0.535. The summed E-state index contributed by atoms with van der Waals surface area (Å²) in [5, 5.41) is 4.91. The molecule has 7 nitrogen and oxygen atoms in total. The zero-order chi connectivity index (χ0) is 20.3. The van der Waals surface area contributed by atoms with Crippen LogP contribution >= 0.6 is 0 Å². The van der Waals surface area contributed by atoms with Crippen LogP contribution in [0.4, 0.5) is 18.9 Å². The standard InChI is InChI=1S/C18H15F3N4O3/c19-18(20,21)11-3-1-2-10(6-11)7-15(26)22-9-16(27)23-12-4-5-13-14(8-12)25-17(28)24-13/h1-6,8H,7,9H2,(H,22,26)(H,23,27)(H2,24,25,28). The molecule has 146 valence electrons. The van der Waals surface area contributed by atoms with E-state index in [1.54, 1.807) is 18.2 Å². The first-order valence-corrected chi connectivity index (χ1v) is 8.15. The molecule has 0 aliphatic rings. The van der Waals surface area contributed by atoms with Gasteiger partial charge in [0, 0.05) is 5.69 Å². The van der Waals surface area contributed by atoms with E-state index < -0.39 is 23.6 Å². The largest absolute Gasteiger partial charge is 0.416 e.